The molecule has 0 saturated heterocycles. The van der Waals surface area contributed by atoms with E-state index in [0.717, 1.165) is 5.56 Å². The van der Waals surface area contributed by atoms with Crippen LogP contribution >= 0.6 is 0 Å². The van der Waals surface area contributed by atoms with E-state index in [-0.39, 0.29) is 5.75 Å². The number of hydrogen-bond acceptors (Lipinski definition) is 4. The summed E-state index contributed by atoms with van der Waals surface area (Å²) >= 11 is 0. The fourth-order valence-corrected chi connectivity index (χ4v) is 0.665. The highest BCUT2D eigenvalue weighted by atomic mass is 32.3. The zero-order valence-electron chi connectivity index (χ0n) is 7.38. The normalized spacial score (nSPS) is 10.2. The maximum absolute atomic E-state index is 8.98. The second-order valence-corrected chi connectivity index (χ2v) is 3.35. The molecular formula is C7H11NO5S. The molecule has 0 spiro atoms. The van der Waals surface area contributed by atoms with Crippen LogP contribution in [0.25, 0.3) is 0 Å². The molecule has 0 unspecified atom stereocenters. The van der Waals surface area contributed by atoms with Gasteiger partial charge in [-0.3, -0.25) is 9.11 Å². The first kappa shape index (κ1) is 12.7. The molecule has 1 aromatic rings. The van der Waals surface area contributed by atoms with Crippen molar-refractivity contribution in [3.05, 3.63) is 23.8 Å². The Bertz CT molecular complexity index is 372. The average molecular weight is 221 g/mol. The van der Waals surface area contributed by atoms with E-state index in [1.807, 2.05) is 13.0 Å². The lowest BCUT2D eigenvalue weighted by Crippen LogP contribution is -1.89. The fraction of sp³-hybridized carbons (Fsp3) is 0.143. The second kappa shape index (κ2) is 4.80. The highest BCUT2D eigenvalue weighted by Crippen LogP contribution is 2.21. The van der Waals surface area contributed by atoms with E-state index < -0.39 is 10.4 Å². The van der Waals surface area contributed by atoms with Crippen LogP contribution in [0, 0.1) is 6.92 Å². The van der Waals surface area contributed by atoms with Gasteiger partial charge in [0.25, 0.3) is 0 Å². The van der Waals surface area contributed by atoms with Crippen LogP contribution in [0.1, 0.15) is 5.56 Å². The molecule has 0 fully saturated rings. The fourth-order valence-electron chi connectivity index (χ4n) is 0.665. The third-order valence-corrected chi connectivity index (χ3v) is 1.30. The molecular weight excluding hydrogens is 210 g/mol. The van der Waals surface area contributed by atoms with Gasteiger partial charge in [-0.25, -0.2) is 0 Å². The summed E-state index contributed by atoms with van der Waals surface area (Å²) in [7, 11) is -4.67. The molecule has 0 aromatic heterocycles. The van der Waals surface area contributed by atoms with Gasteiger partial charge in [-0.15, -0.1) is 0 Å². The number of anilines is 1. The largest absolute Gasteiger partial charge is 0.506 e. The number of rotatable bonds is 0. The number of hydrogen-bond donors (Lipinski definition) is 4. The van der Waals surface area contributed by atoms with Gasteiger partial charge in [0.15, 0.2) is 0 Å². The molecule has 5 N–H and O–H groups in total. The molecule has 0 saturated carbocycles. The van der Waals surface area contributed by atoms with Crippen LogP contribution in [-0.4, -0.2) is 22.6 Å². The summed E-state index contributed by atoms with van der Waals surface area (Å²) in [6.45, 7) is 1.86. The van der Waals surface area contributed by atoms with Crippen molar-refractivity contribution < 1.29 is 22.6 Å². The molecule has 7 heteroatoms. The van der Waals surface area contributed by atoms with Crippen molar-refractivity contribution in [2.24, 2.45) is 0 Å². The Morgan fingerprint density at radius 3 is 2.00 bits per heavy atom. The van der Waals surface area contributed by atoms with E-state index in [0.29, 0.717) is 5.69 Å². The molecule has 1 aromatic carbocycles. The number of aryl methyl sites for hydroxylation is 1. The quantitative estimate of drug-likeness (QED) is 0.289. The summed E-state index contributed by atoms with van der Waals surface area (Å²) in [6.07, 6.45) is 0. The van der Waals surface area contributed by atoms with Crippen molar-refractivity contribution in [3.8, 4) is 5.75 Å². The standard InChI is InChI=1S/C7H9NO.H2O4S/c1-5-3-2-4-6(9)7(5)8;1-5(2,3)4/h2-4,9H,8H2,1H3;(H2,1,2,3,4). The minimum absolute atomic E-state index is 0.162. The van der Waals surface area contributed by atoms with Crippen molar-refractivity contribution in [1.82, 2.24) is 0 Å². The summed E-state index contributed by atoms with van der Waals surface area (Å²) in [4.78, 5) is 0. The van der Waals surface area contributed by atoms with Gasteiger partial charge in [0, 0.05) is 0 Å². The Hall–Kier alpha value is -1.31. The lowest BCUT2D eigenvalue weighted by atomic mass is 10.2. The van der Waals surface area contributed by atoms with Crippen LogP contribution in [0.5, 0.6) is 5.75 Å². The van der Waals surface area contributed by atoms with Gasteiger partial charge in [0.05, 0.1) is 5.69 Å². The first-order chi connectivity index (χ1) is 6.22. The van der Waals surface area contributed by atoms with E-state index in [4.69, 9.17) is 28.4 Å². The smallest absolute Gasteiger partial charge is 0.394 e. The number of phenols is 1. The molecule has 80 valence electrons. The number of para-hydroxylation sites is 1. The third-order valence-electron chi connectivity index (χ3n) is 1.30. The van der Waals surface area contributed by atoms with Crippen molar-refractivity contribution in [2.75, 3.05) is 5.73 Å². The van der Waals surface area contributed by atoms with Crippen LogP contribution in [-0.2, 0) is 10.4 Å². The molecule has 0 atom stereocenters. The lowest BCUT2D eigenvalue weighted by molar-refractivity contribution is 0.381. The second-order valence-electron chi connectivity index (χ2n) is 2.46. The minimum atomic E-state index is -4.67. The van der Waals surface area contributed by atoms with Gasteiger partial charge in [0.1, 0.15) is 5.75 Å². The van der Waals surface area contributed by atoms with Crippen molar-refractivity contribution in [2.45, 2.75) is 6.92 Å². The van der Waals surface area contributed by atoms with Gasteiger partial charge in [-0.1, -0.05) is 12.1 Å². The van der Waals surface area contributed by atoms with Crippen molar-refractivity contribution in [3.63, 3.8) is 0 Å². The number of nitrogen functional groups attached to an aromatic ring is 1. The van der Waals surface area contributed by atoms with Crippen LogP contribution < -0.4 is 5.73 Å². The van der Waals surface area contributed by atoms with Crippen LogP contribution in [0.3, 0.4) is 0 Å². The van der Waals surface area contributed by atoms with E-state index in [2.05, 4.69) is 0 Å². The van der Waals surface area contributed by atoms with Gasteiger partial charge < -0.3 is 10.8 Å². The molecule has 0 aliphatic carbocycles. The highest BCUT2D eigenvalue weighted by Gasteiger charge is 1.95. The van der Waals surface area contributed by atoms with E-state index >= 15 is 0 Å². The van der Waals surface area contributed by atoms with Gasteiger partial charge in [-0.2, -0.15) is 8.42 Å². The molecule has 1 rings (SSSR count). The third kappa shape index (κ3) is 6.23. The van der Waals surface area contributed by atoms with Crippen molar-refractivity contribution in [1.29, 1.82) is 0 Å². The summed E-state index contributed by atoms with van der Waals surface area (Å²) in [5.41, 5.74) is 6.81. The zero-order valence-corrected chi connectivity index (χ0v) is 8.19. The highest BCUT2D eigenvalue weighted by molar-refractivity contribution is 7.79. The maximum Gasteiger partial charge on any atom is 0.394 e. The Kier molecular flexibility index (Phi) is 4.35. The molecule has 0 aliphatic rings. The number of nitrogens with two attached hydrogens (primary N) is 1. The van der Waals surface area contributed by atoms with Crippen molar-refractivity contribution >= 4 is 16.1 Å². The number of phenolic OH excluding ortho intramolecular Hbond substituents is 1. The predicted molar refractivity (Wildman–Crippen MR) is 51.4 cm³/mol. The molecule has 6 nitrogen and oxygen atoms in total. The van der Waals surface area contributed by atoms with Crippen LogP contribution in [0.4, 0.5) is 5.69 Å². The zero-order chi connectivity index (χ0) is 11.4. The van der Waals surface area contributed by atoms with Crippen LogP contribution in [0.2, 0.25) is 0 Å². The van der Waals surface area contributed by atoms with E-state index in [9.17, 15) is 0 Å². The first-order valence-electron chi connectivity index (χ1n) is 3.45. The predicted octanol–water partition coefficient (Wildman–Crippen LogP) is 0.630. The summed E-state index contributed by atoms with van der Waals surface area (Å²) in [5, 5.41) is 8.98. The van der Waals surface area contributed by atoms with Gasteiger partial charge in [-0.05, 0) is 18.6 Å². The Morgan fingerprint density at radius 2 is 1.71 bits per heavy atom. The van der Waals surface area contributed by atoms with Gasteiger partial charge >= 0.3 is 10.4 Å². The lowest BCUT2D eigenvalue weighted by Gasteiger charge is -1.99. The van der Waals surface area contributed by atoms with E-state index in [1.165, 1.54) is 0 Å². The Balaban J connectivity index is 0.000000292. The number of benzene rings is 1. The topological polar surface area (TPSA) is 121 Å². The number of aromatic hydroxyl groups is 1. The van der Waals surface area contributed by atoms with E-state index in [1.54, 1.807) is 12.1 Å². The first-order valence-corrected chi connectivity index (χ1v) is 4.85. The maximum atomic E-state index is 8.98. The van der Waals surface area contributed by atoms with Crippen LogP contribution in [0.15, 0.2) is 18.2 Å². The summed E-state index contributed by atoms with van der Waals surface area (Å²) in [6, 6.07) is 5.19. The molecule has 14 heavy (non-hydrogen) atoms. The average Bonchev–Trinajstić information content (AvgIpc) is 1.97. The molecule has 0 aliphatic heterocycles. The van der Waals surface area contributed by atoms with Gasteiger partial charge in [0.2, 0.25) is 0 Å². The monoisotopic (exact) mass is 221 g/mol. The summed E-state index contributed by atoms with van der Waals surface area (Å²) in [5.74, 6) is 0.162. The Labute approximate surface area is 81.6 Å². The summed E-state index contributed by atoms with van der Waals surface area (Å²) < 4.78 is 31.6. The molecule has 0 heterocycles. The SMILES string of the molecule is Cc1cccc(O)c1N.O=S(=O)(O)O. The molecule has 0 bridgehead atoms. The molecule has 0 amide bonds. The Morgan fingerprint density at radius 1 is 1.29 bits per heavy atom. The minimum Gasteiger partial charge on any atom is -0.506 e. The molecule has 0 radical (unpaired) electrons.